The van der Waals surface area contributed by atoms with Crippen LogP contribution in [0.5, 0.6) is 11.5 Å². The Morgan fingerprint density at radius 1 is 1.12 bits per heavy atom. The van der Waals surface area contributed by atoms with E-state index in [0.717, 1.165) is 17.7 Å². The van der Waals surface area contributed by atoms with Gasteiger partial charge in [0.25, 0.3) is 5.91 Å². The number of rotatable bonds is 5. The number of carbonyl (C=O) groups is 1. The quantitative estimate of drug-likeness (QED) is 0.397. The molecule has 3 heterocycles. The highest BCUT2D eigenvalue weighted by molar-refractivity contribution is 7.13. The summed E-state index contributed by atoms with van der Waals surface area (Å²) in [6.07, 6.45) is -4.51. The second-order valence-corrected chi connectivity index (χ2v) is 8.49. The maximum atomic E-state index is 13.3. The van der Waals surface area contributed by atoms with Crippen LogP contribution >= 0.6 is 11.3 Å². The summed E-state index contributed by atoms with van der Waals surface area (Å²) >= 11 is 1.35. The smallest absolute Gasteiger partial charge is 0.416 e. The molecule has 4 aromatic rings. The number of halogens is 3. The van der Waals surface area contributed by atoms with E-state index in [2.05, 4.69) is 10.1 Å². The number of hydrogen-bond acceptors (Lipinski definition) is 6. The first kappa shape index (κ1) is 22.0. The van der Waals surface area contributed by atoms with E-state index in [0.29, 0.717) is 16.4 Å². The standard InChI is InChI=1S/C23H17F3N4O3S/c1-29(12-14-7-8-17-18(10-14)33-13-32-17)22(31)20-27-21(19-6-3-9-34-19)30(28-20)16-5-2-4-15(11-16)23(24,25)26/h2-11H,12-13H2,1H3. The van der Waals surface area contributed by atoms with Gasteiger partial charge in [-0.25, -0.2) is 9.67 Å². The van der Waals surface area contributed by atoms with Crippen molar-refractivity contribution >= 4 is 17.2 Å². The molecule has 0 saturated carbocycles. The molecular formula is C23H17F3N4O3S. The summed E-state index contributed by atoms with van der Waals surface area (Å²) in [4.78, 5) is 19.6. The Kier molecular flexibility index (Phi) is 5.48. The predicted molar refractivity (Wildman–Crippen MR) is 118 cm³/mol. The van der Waals surface area contributed by atoms with Gasteiger partial charge in [0, 0.05) is 13.6 Å². The minimum absolute atomic E-state index is 0.121. The zero-order valence-corrected chi connectivity index (χ0v) is 18.6. The molecule has 1 amide bonds. The largest absolute Gasteiger partial charge is 0.454 e. The Hall–Kier alpha value is -3.86. The maximum absolute atomic E-state index is 13.3. The van der Waals surface area contributed by atoms with Gasteiger partial charge < -0.3 is 14.4 Å². The monoisotopic (exact) mass is 486 g/mol. The molecule has 2 aromatic heterocycles. The van der Waals surface area contributed by atoms with E-state index in [1.807, 2.05) is 11.4 Å². The lowest BCUT2D eigenvalue weighted by molar-refractivity contribution is -0.137. The van der Waals surface area contributed by atoms with Crippen molar-refractivity contribution in [3.8, 4) is 27.9 Å². The minimum atomic E-state index is -4.51. The summed E-state index contributed by atoms with van der Waals surface area (Å²) in [5.41, 5.74) is 0.157. The van der Waals surface area contributed by atoms with Crippen LogP contribution in [0.25, 0.3) is 16.4 Å². The molecule has 1 aliphatic heterocycles. The fraction of sp³-hybridized carbons (Fsp3) is 0.174. The molecule has 0 spiro atoms. The molecule has 0 N–H and O–H groups in total. The summed E-state index contributed by atoms with van der Waals surface area (Å²) < 4.78 is 51.7. The molecule has 0 radical (unpaired) electrons. The van der Waals surface area contributed by atoms with Crippen molar-refractivity contribution in [2.24, 2.45) is 0 Å². The van der Waals surface area contributed by atoms with Crippen LogP contribution in [0.4, 0.5) is 13.2 Å². The zero-order valence-electron chi connectivity index (χ0n) is 17.7. The molecule has 7 nitrogen and oxygen atoms in total. The average Bonchev–Trinajstić information content (AvgIpc) is 3.58. The van der Waals surface area contributed by atoms with Crippen molar-refractivity contribution < 1.29 is 27.4 Å². The Bertz CT molecular complexity index is 1350. The van der Waals surface area contributed by atoms with E-state index >= 15 is 0 Å². The number of ether oxygens (including phenoxy) is 2. The summed E-state index contributed by atoms with van der Waals surface area (Å²) in [5, 5.41) is 6.10. The van der Waals surface area contributed by atoms with Gasteiger partial charge in [-0.05, 0) is 47.3 Å². The van der Waals surface area contributed by atoms with Gasteiger partial charge in [0.15, 0.2) is 17.3 Å². The fourth-order valence-corrected chi connectivity index (χ4v) is 4.22. The summed E-state index contributed by atoms with van der Waals surface area (Å²) in [7, 11) is 1.60. The molecular weight excluding hydrogens is 469 g/mol. The first-order valence-corrected chi connectivity index (χ1v) is 11.0. The molecule has 5 rings (SSSR count). The van der Waals surface area contributed by atoms with Gasteiger partial charge in [0.2, 0.25) is 12.6 Å². The topological polar surface area (TPSA) is 69.5 Å². The summed E-state index contributed by atoms with van der Waals surface area (Å²) in [6.45, 7) is 0.401. The van der Waals surface area contributed by atoms with E-state index in [4.69, 9.17) is 9.47 Å². The van der Waals surface area contributed by atoms with E-state index in [1.54, 1.807) is 31.3 Å². The van der Waals surface area contributed by atoms with Crippen LogP contribution in [-0.4, -0.2) is 39.4 Å². The Morgan fingerprint density at radius 3 is 2.71 bits per heavy atom. The molecule has 11 heteroatoms. The Morgan fingerprint density at radius 2 is 1.94 bits per heavy atom. The van der Waals surface area contributed by atoms with E-state index in [9.17, 15) is 18.0 Å². The van der Waals surface area contributed by atoms with Gasteiger partial charge >= 0.3 is 6.18 Å². The number of aromatic nitrogens is 3. The molecule has 174 valence electrons. The van der Waals surface area contributed by atoms with Crippen LogP contribution in [0.1, 0.15) is 21.7 Å². The lowest BCUT2D eigenvalue weighted by Crippen LogP contribution is -2.27. The van der Waals surface area contributed by atoms with Crippen molar-refractivity contribution in [2.75, 3.05) is 13.8 Å². The number of alkyl halides is 3. The number of benzene rings is 2. The lowest BCUT2D eigenvalue weighted by atomic mass is 10.2. The third-order valence-corrected chi connectivity index (χ3v) is 6.03. The highest BCUT2D eigenvalue weighted by atomic mass is 32.1. The Labute approximate surface area is 196 Å². The average molecular weight is 486 g/mol. The number of thiophene rings is 1. The Balaban J connectivity index is 1.47. The number of hydrogen-bond donors (Lipinski definition) is 0. The first-order valence-electron chi connectivity index (χ1n) is 10.1. The number of amides is 1. The van der Waals surface area contributed by atoms with Crippen molar-refractivity contribution in [1.82, 2.24) is 19.7 Å². The fourth-order valence-electron chi connectivity index (χ4n) is 3.52. The van der Waals surface area contributed by atoms with E-state index < -0.39 is 17.6 Å². The van der Waals surface area contributed by atoms with Crippen LogP contribution in [0.2, 0.25) is 0 Å². The highest BCUT2D eigenvalue weighted by Gasteiger charge is 2.31. The van der Waals surface area contributed by atoms with Gasteiger partial charge in [-0.1, -0.05) is 18.2 Å². The third kappa shape index (κ3) is 4.21. The van der Waals surface area contributed by atoms with Crippen molar-refractivity contribution in [2.45, 2.75) is 12.7 Å². The van der Waals surface area contributed by atoms with Crippen molar-refractivity contribution in [3.05, 3.63) is 76.9 Å². The number of nitrogens with zero attached hydrogens (tertiary/aromatic N) is 4. The molecule has 0 fully saturated rings. The zero-order chi connectivity index (χ0) is 23.9. The molecule has 0 bridgehead atoms. The van der Waals surface area contributed by atoms with Crippen molar-refractivity contribution in [3.63, 3.8) is 0 Å². The minimum Gasteiger partial charge on any atom is -0.454 e. The maximum Gasteiger partial charge on any atom is 0.416 e. The molecule has 0 atom stereocenters. The van der Waals surface area contributed by atoms with Gasteiger partial charge in [0.1, 0.15) is 0 Å². The van der Waals surface area contributed by atoms with Crippen LogP contribution in [0.3, 0.4) is 0 Å². The molecule has 0 unspecified atom stereocenters. The molecule has 2 aromatic carbocycles. The highest BCUT2D eigenvalue weighted by Crippen LogP contribution is 2.34. The summed E-state index contributed by atoms with van der Waals surface area (Å²) in [6, 6.07) is 13.7. The van der Waals surface area contributed by atoms with Crippen LogP contribution in [0, 0.1) is 0 Å². The van der Waals surface area contributed by atoms with Crippen LogP contribution < -0.4 is 9.47 Å². The van der Waals surface area contributed by atoms with Crippen LogP contribution in [0.15, 0.2) is 60.0 Å². The second-order valence-electron chi connectivity index (χ2n) is 7.55. The lowest BCUT2D eigenvalue weighted by Gasteiger charge is -2.15. The third-order valence-electron chi connectivity index (χ3n) is 5.16. The summed E-state index contributed by atoms with van der Waals surface area (Å²) in [5.74, 6) is 0.935. The SMILES string of the molecule is CN(Cc1ccc2c(c1)OCO2)C(=O)c1nc(-c2cccs2)n(-c2cccc(C(F)(F)F)c2)n1. The predicted octanol–water partition coefficient (Wildman–Crippen LogP) is 5.02. The number of fused-ring (bicyclic) bond motifs is 1. The molecule has 0 saturated heterocycles. The molecule has 0 aliphatic carbocycles. The molecule has 1 aliphatic rings. The molecule has 34 heavy (non-hydrogen) atoms. The van der Waals surface area contributed by atoms with Crippen molar-refractivity contribution in [1.29, 1.82) is 0 Å². The van der Waals surface area contributed by atoms with Gasteiger partial charge in [-0.2, -0.15) is 13.2 Å². The second kappa shape index (κ2) is 8.49. The first-order chi connectivity index (χ1) is 16.3. The van der Waals surface area contributed by atoms with E-state index in [-0.39, 0.29) is 30.7 Å². The normalized spacial score (nSPS) is 12.7. The van der Waals surface area contributed by atoms with Crippen LogP contribution in [-0.2, 0) is 12.7 Å². The van der Waals surface area contributed by atoms with Gasteiger partial charge in [-0.15, -0.1) is 16.4 Å². The van der Waals surface area contributed by atoms with E-state index in [1.165, 1.54) is 33.1 Å². The van der Waals surface area contributed by atoms with Gasteiger partial charge in [-0.3, -0.25) is 4.79 Å². The van der Waals surface area contributed by atoms with Gasteiger partial charge in [0.05, 0.1) is 16.1 Å². The number of carbonyl (C=O) groups excluding carboxylic acids is 1.